The average Bonchev–Trinajstić information content (AvgIpc) is 2.28. The second kappa shape index (κ2) is 6.71. The van der Waals surface area contributed by atoms with E-state index in [1.165, 1.54) is 0 Å². The Morgan fingerprint density at radius 1 is 1.32 bits per heavy atom. The van der Waals surface area contributed by atoms with Gasteiger partial charge < -0.3 is 9.84 Å². The molecule has 0 aliphatic rings. The van der Waals surface area contributed by atoms with Gasteiger partial charge in [0.05, 0.1) is 18.6 Å². The van der Waals surface area contributed by atoms with Crippen LogP contribution in [0.4, 0.5) is 0 Å². The zero-order chi connectivity index (χ0) is 14.6. The highest BCUT2D eigenvalue weighted by Crippen LogP contribution is 2.31. The largest absolute Gasteiger partial charge is 0.466 e. The summed E-state index contributed by atoms with van der Waals surface area (Å²) < 4.78 is 5.07. The minimum Gasteiger partial charge on any atom is -0.466 e. The monoisotopic (exact) mass is 264 g/mol. The Morgan fingerprint density at radius 2 is 1.95 bits per heavy atom. The third kappa shape index (κ3) is 3.80. The molecule has 19 heavy (non-hydrogen) atoms. The topological polar surface area (TPSA) is 46.5 Å². The molecule has 1 aromatic rings. The van der Waals surface area contributed by atoms with Crippen LogP contribution in [-0.4, -0.2) is 17.7 Å². The van der Waals surface area contributed by atoms with E-state index < -0.39 is 12.0 Å². The van der Waals surface area contributed by atoms with Crippen LogP contribution in [0.2, 0.25) is 0 Å². The Labute approximate surface area is 115 Å². The molecule has 0 spiro atoms. The molecule has 0 amide bonds. The summed E-state index contributed by atoms with van der Waals surface area (Å²) in [6.45, 7) is 9.92. The molecule has 106 valence electrons. The number of ether oxygens (including phenoxy) is 1. The summed E-state index contributed by atoms with van der Waals surface area (Å²) in [4.78, 5) is 12.0. The first-order chi connectivity index (χ1) is 8.88. The third-order valence-corrected chi connectivity index (χ3v) is 3.36. The summed E-state index contributed by atoms with van der Waals surface area (Å²) in [7, 11) is 0. The lowest BCUT2D eigenvalue weighted by Crippen LogP contribution is -2.29. The molecule has 3 nitrogen and oxygen atoms in total. The van der Waals surface area contributed by atoms with Gasteiger partial charge >= 0.3 is 5.97 Å². The number of rotatable bonds is 5. The van der Waals surface area contributed by atoms with Crippen molar-refractivity contribution in [1.29, 1.82) is 0 Å². The van der Waals surface area contributed by atoms with Gasteiger partial charge in [0, 0.05) is 0 Å². The van der Waals surface area contributed by atoms with Crippen LogP contribution in [0.25, 0.3) is 0 Å². The van der Waals surface area contributed by atoms with Gasteiger partial charge in [0.15, 0.2) is 0 Å². The van der Waals surface area contributed by atoms with Crippen LogP contribution in [0.15, 0.2) is 18.2 Å². The Hall–Kier alpha value is -1.35. The van der Waals surface area contributed by atoms with E-state index in [4.69, 9.17) is 4.74 Å². The molecule has 0 saturated carbocycles. The number of benzene rings is 1. The lowest BCUT2D eigenvalue weighted by Gasteiger charge is -2.26. The third-order valence-electron chi connectivity index (χ3n) is 3.36. The fourth-order valence-corrected chi connectivity index (χ4v) is 2.36. The number of hydrogen-bond acceptors (Lipinski definition) is 3. The van der Waals surface area contributed by atoms with Gasteiger partial charge in [0.1, 0.15) is 0 Å². The number of carbonyl (C=O) groups excluding carboxylic acids is 1. The van der Waals surface area contributed by atoms with Gasteiger partial charge in [-0.1, -0.05) is 37.6 Å². The van der Waals surface area contributed by atoms with E-state index in [9.17, 15) is 9.90 Å². The van der Waals surface area contributed by atoms with Gasteiger partial charge in [-0.25, -0.2) is 0 Å². The maximum absolute atomic E-state index is 12.0. The number of esters is 1. The van der Waals surface area contributed by atoms with Crippen molar-refractivity contribution in [2.45, 2.75) is 40.7 Å². The minimum atomic E-state index is -0.820. The lowest BCUT2D eigenvalue weighted by atomic mass is 9.85. The fraction of sp³-hybridized carbons (Fsp3) is 0.562. The van der Waals surface area contributed by atoms with Crippen LogP contribution in [0, 0.1) is 25.7 Å². The highest BCUT2D eigenvalue weighted by Gasteiger charge is 2.32. The number of hydrogen-bond donors (Lipinski definition) is 1. The summed E-state index contributed by atoms with van der Waals surface area (Å²) in [6, 6.07) is 5.86. The Morgan fingerprint density at radius 3 is 2.42 bits per heavy atom. The maximum Gasteiger partial charge on any atom is 0.312 e. The van der Waals surface area contributed by atoms with Crippen LogP contribution in [0.1, 0.15) is 43.6 Å². The van der Waals surface area contributed by atoms with E-state index in [-0.39, 0.29) is 11.9 Å². The molecule has 0 aromatic heterocycles. The molecule has 0 heterocycles. The van der Waals surface area contributed by atoms with Crippen molar-refractivity contribution < 1.29 is 14.6 Å². The Bertz CT molecular complexity index is 438. The van der Waals surface area contributed by atoms with E-state index in [0.29, 0.717) is 6.61 Å². The molecule has 0 fully saturated rings. The van der Waals surface area contributed by atoms with Crippen LogP contribution in [0.3, 0.4) is 0 Å². The predicted molar refractivity (Wildman–Crippen MR) is 75.8 cm³/mol. The number of aliphatic hydroxyl groups is 1. The Kier molecular flexibility index (Phi) is 5.55. The molecule has 0 radical (unpaired) electrons. The van der Waals surface area contributed by atoms with Crippen molar-refractivity contribution in [2.75, 3.05) is 6.61 Å². The van der Waals surface area contributed by atoms with E-state index in [2.05, 4.69) is 0 Å². The first-order valence-electron chi connectivity index (χ1n) is 6.80. The molecule has 0 aliphatic carbocycles. The van der Waals surface area contributed by atoms with Crippen molar-refractivity contribution in [3.8, 4) is 0 Å². The van der Waals surface area contributed by atoms with Crippen LogP contribution < -0.4 is 0 Å². The molecule has 0 saturated heterocycles. The minimum absolute atomic E-state index is 0.0229. The maximum atomic E-state index is 12.0. The molecular weight excluding hydrogens is 240 g/mol. The smallest absolute Gasteiger partial charge is 0.312 e. The highest BCUT2D eigenvalue weighted by molar-refractivity contribution is 5.73. The molecule has 2 unspecified atom stereocenters. The van der Waals surface area contributed by atoms with E-state index in [1.807, 2.05) is 45.9 Å². The predicted octanol–water partition coefficient (Wildman–Crippen LogP) is 3.17. The number of aliphatic hydroxyl groups excluding tert-OH is 1. The van der Waals surface area contributed by atoms with Crippen molar-refractivity contribution >= 4 is 5.97 Å². The van der Waals surface area contributed by atoms with Crippen molar-refractivity contribution in [2.24, 2.45) is 11.8 Å². The molecule has 1 aromatic carbocycles. The molecule has 2 atom stereocenters. The second-order valence-electron chi connectivity index (χ2n) is 5.33. The van der Waals surface area contributed by atoms with Crippen molar-refractivity contribution in [3.63, 3.8) is 0 Å². The molecule has 0 aliphatic heterocycles. The van der Waals surface area contributed by atoms with Crippen molar-refractivity contribution in [1.82, 2.24) is 0 Å². The highest BCUT2D eigenvalue weighted by atomic mass is 16.5. The average molecular weight is 264 g/mol. The quantitative estimate of drug-likeness (QED) is 0.831. The lowest BCUT2D eigenvalue weighted by molar-refractivity contribution is -0.154. The Balaban J connectivity index is 3.05. The van der Waals surface area contributed by atoms with Crippen LogP contribution in [0.5, 0.6) is 0 Å². The summed E-state index contributed by atoms with van der Waals surface area (Å²) in [5, 5.41) is 10.5. The van der Waals surface area contributed by atoms with Gasteiger partial charge in [-0.2, -0.15) is 0 Å². The summed E-state index contributed by atoms with van der Waals surface area (Å²) >= 11 is 0. The summed E-state index contributed by atoms with van der Waals surface area (Å²) in [6.07, 6.45) is -0.820. The zero-order valence-corrected chi connectivity index (χ0v) is 12.4. The zero-order valence-electron chi connectivity index (χ0n) is 12.4. The first-order valence-corrected chi connectivity index (χ1v) is 6.80. The van der Waals surface area contributed by atoms with E-state index in [1.54, 1.807) is 6.92 Å². The number of carbonyl (C=O) groups is 1. The first kappa shape index (κ1) is 15.7. The van der Waals surface area contributed by atoms with E-state index in [0.717, 1.165) is 16.7 Å². The van der Waals surface area contributed by atoms with Crippen LogP contribution in [-0.2, 0) is 9.53 Å². The van der Waals surface area contributed by atoms with Crippen LogP contribution >= 0.6 is 0 Å². The molecule has 1 N–H and O–H groups in total. The normalized spacial score (nSPS) is 14.3. The fourth-order valence-electron chi connectivity index (χ4n) is 2.36. The standard InChI is InChI=1S/C16H24O3/c1-6-19-16(18)14(10(2)3)15(17)13-8-7-11(4)9-12(13)5/h7-10,14-15,17H,6H2,1-5H3. The van der Waals surface area contributed by atoms with E-state index >= 15 is 0 Å². The van der Waals surface area contributed by atoms with Gasteiger partial charge in [0.2, 0.25) is 0 Å². The summed E-state index contributed by atoms with van der Waals surface area (Å²) in [5.41, 5.74) is 2.95. The van der Waals surface area contributed by atoms with Gasteiger partial charge in [-0.05, 0) is 37.8 Å². The van der Waals surface area contributed by atoms with Crippen molar-refractivity contribution in [3.05, 3.63) is 34.9 Å². The molecule has 3 heteroatoms. The molecule has 0 bridgehead atoms. The summed E-state index contributed by atoms with van der Waals surface area (Å²) in [5.74, 6) is -0.832. The SMILES string of the molecule is CCOC(=O)C(C(C)C)C(O)c1ccc(C)cc1C. The number of aryl methyl sites for hydroxylation is 2. The van der Waals surface area contributed by atoms with Gasteiger partial charge in [0.25, 0.3) is 0 Å². The molecular formula is C16H24O3. The second-order valence-corrected chi connectivity index (χ2v) is 5.33. The van der Waals surface area contributed by atoms with Gasteiger partial charge in [-0.15, -0.1) is 0 Å². The van der Waals surface area contributed by atoms with Gasteiger partial charge in [-0.3, -0.25) is 4.79 Å². The molecule has 1 rings (SSSR count).